The zero-order chi connectivity index (χ0) is 13.9. The highest BCUT2D eigenvalue weighted by Gasteiger charge is 2.29. The Balaban J connectivity index is 2.04. The summed E-state index contributed by atoms with van der Waals surface area (Å²) in [6.45, 7) is 0.373. The van der Waals surface area contributed by atoms with E-state index in [1.165, 1.54) is 12.1 Å². The summed E-state index contributed by atoms with van der Waals surface area (Å²) in [7, 11) is 0. The average molecular weight is 272 g/mol. The van der Waals surface area contributed by atoms with Crippen molar-refractivity contribution in [1.29, 1.82) is 0 Å². The van der Waals surface area contributed by atoms with E-state index in [-0.39, 0.29) is 5.71 Å². The summed E-state index contributed by atoms with van der Waals surface area (Å²) in [5.74, 6) is -0.495. The Morgan fingerprint density at radius 2 is 1.89 bits per heavy atom. The van der Waals surface area contributed by atoms with Crippen LogP contribution in [0.3, 0.4) is 0 Å². The largest absolute Gasteiger partial charge is 0.461 e. The van der Waals surface area contributed by atoms with Gasteiger partial charge in [0, 0.05) is 6.42 Å². The Morgan fingerprint density at radius 1 is 1.21 bits per heavy atom. The molecule has 1 fully saturated rings. The number of hydrazone groups is 1. The number of carbonyl (C=O) groups excluding carboxylic acids is 1. The van der Waals surface area contributed by atoms with Crippen molar-refractivity contribution in [2.75, 3.05) is 12.0 Å². The lowest BCUT2D eigenvalue weighted by molar-refractivity contribution is -0.138. The maximum atomic E-state index is 12.3. The molecule has 19 heavy (non-hydrogen) atoms. The van der Waals surface area contributed by atoms with Gasteiger partial charge in [0.1, 0.15) is 5.71 Å². The molecular weight excluding hydrogens is 261 g/mol. The zero-order valence-electron chi connectivity index (χ0n) is 9.83. The third-order valence-corrected chi connectivity index (χ3v) is 2.56. The molecule has 1 saturated heterocycles. The second-order valence-electron chi connectivity index (χ2n) is 3.98. The number of hydrogen-bond acceptors (Lipinski definition) is 4. The molecule has 0 amide bonds. The van der Waals surface area contributed by atoms with Crippen LogP contribution in [0.2, 0.25) is 0 Å². The molecule has 0 unspecified atom stereocenters. The summed E-state index contributed by atoms with van der Waals surface area (Å²) >= 11 is 0. The molecule has 1 heterocycles. The van der Waals surface area contributed by atoms with Gasteiger partial charge in [-0.25, -0.2) is 4.79 Å². The van der Waals surface area contributed by atoms with E-state index >= 15 is 0 Å². The SMILES string of the molecule is O=C1OCCC/C1=N/Nc1ccc(C(F)(F)F)cc1. The molecule has 2 rings (SSSR count). The van der Waals surface area contributed by atoms with Gasteiger partial charge < -0.3 is 4.74 Å². The molecule has 0 saturated carbocycles. The van der Waals surface area contributed by atoms with E-state index in [0.717, 1.165) is 12.1 Å². The summed E-state index contributed by atoms with van der Waals surface area (Å²) in [5.41, 5.74) is 2.43. The molecule has 1 aromatic rings. The van der Waals surface area contributed by atoms with E-state index in [1.54, 1.807) is 0 Å². The van der Waals surface area contributed by atoms with Crippen LogP contribution in [0.15, 0.2) is 29.4 Å². The third kappa shape index (κ3) is 3.46. The number of anilines is 1. The van der Waals surface area contributed by atoms with Gasteiger partial charge in [0.05, 0.1) is 17.9 Å². The number of cyclic esters (lactones) is 1. The monoisotopic (exact) mass is 272 g/mol. The molecule has 0 spiro atoms. The van der Waals surface area contributed by atoms with Crippen molar-refractivity contribution in [3.63, 3.8) is 0 Å². The highest BCUT2D eigenvalue weighted by atomic mass is 19.4. The number of esters is 1. The van der Waals surface area contributed by atoms with E-state index in [0.29, 0.717) is 25.1 Å². The molecule has 7 heteroatoms. The fraction of sp³-hybridized carbons (Fsp3) is 0.333. The minimum Gasteiger partial charge on any atom is -0.461 e. The van der Waals surface area contributed by atoms with Crippen molar-refractivity contribution in [2.24, 2.45) is 5.10 Å². The highest BCUT2D eigenvalue weighted by Crippen LogP contribution is 2.29. The Morgan fingerprint density at radius 3 is 2.47 bits per heavy atom. The van der Waals surface area contributed by atoms with Crippen molar-refractivity contribution < 1.29 is 22.7 Å². The molecule has 1 aliphatic heterocycles. The summed E-state index contributed by atoms with van der Waals surface area (Å²) in [4.78, 5) is 11.3. The highest BCUT2D eigenvalue weighted by molar-refractivity contribution is 6.36. The fourth-order valence-corrected chi connectivity index (χ4v) is 1.56. The van der Waals surface area contributed by atoms with Crippen molar-refractivity contribution in [3.8, 4) is 0 Å². The summed E-state index contributed by atoms with van der Waals surface area (Å²) in [6, 6.07) is 4.39. The van der Waals surface area contributed by atoms with Crippen molar-refractivity contribution in [1.82, 2.24) is 0 Å². The minimum atomic E-state index is -4.36. The van der Waals surface area contributed by atoms with E-state index < -0.39 is 17.7 Å². The summed E-state index contributed by atoms with van der Waals surface area (Å²) < 4.78 is 41.8. The average Bonchev–Trinajstić information content (AvgIpc) is 2.37. The number of nitrogens with one attached hydrogen (secondary N) is 1. The van der Waals surface area contributed by atoms with Crippen LogP contribution < -0.4 is 5.43 Å². The molecule has 0 atom stereocenters. The van der Waals surface area contributed by atoms with Gasteiger partial charge in [-0.05, 0) is 30.7 Å². The van der Waals surface area contributed by atoms with Crippen LogP contribution in [0.25, 0.3) is 0 Å². The Kier molecular flexibility index (Phi) is 3.73. The van der Waals surface area contributed by atoms with E-state index in [9.17, 15) is 18.0 Å². The normalized spacial score (nSPS) is 18.3. The lowest BCUT2D eigenvalue weighted by Crippen LogP contribution is -2.24. The van der Waals surface area contributed by atoms with Gasteiger partial charge in [-0.2, -0.15) is 18.3 Å². The number of nitrogens with zero attached hydrogens (tertiary/aromatic N) is 1. The fourth-order valence-electron chi connectivity index (χ4n) is 1.56. The maximum Gasteiger partial charge on any atom is 0.416 e. The van der Waals surface area contributed by atoms with Gasteiger partial charge in [-0.15, -0.1) is 0 Å². The molecule has 0 aromatic heterocycles. The maximum absolute atomic E-state index is 12.3. The predicted octanol–water partition coefficient (Wildman–Crippen LogP) is 2.81. The lowest BCUT2D eigenvalue weighted by atomic mass is 10.2. The first-order valence-electron chi connectivity index (χ1n) is 5.64. The number of ether oxygens (including phenoxy) is 1. The number of benzene rings is 1. The van der Waals surface area contributed by atoms with Gasteiger partial charge in [-0.1, -0.05) is 0 Å². The van der Waals surface area contributed by atoms with Crippen LogP contribution in [0.5, 0.6) is 0 Å². The Bertz CT molecular complexity index is 495. The van der Waals surface area contributed by atoms with Crippen LogP contribution in [-0.2, 0) is 15.7 Å². The summed E-state index contributed by atoms with van der Waals surface area (Å²) in [6.07, 6.45) is -3.18. The van der Waals surface area contributed by atoms with Gasteiger partial charge in [-0.3, -0.25) is 5.43 Å². The molecule has 4 nitrogen and oxygen atoms in total. The van der Waals surface area contributed by atoms with Crippen LogP contribution in [0, 0.1) is 0 Å². The van der Waals surface area contributed by atoms with Crippen LogP contribution in [0.4, 0.5) is 18.9 Å². The summed E-state index contributed by atoms with van der Waals surface area (Å²) in [5, 5.41) is 3.84. The van der Waals surface area contributed by atoms with E-state index in [1.807, 2.05) is 0 Å². The van der Waals surface area contributed by atoms with Crippen LogP contribution >= 0.6 is 0 Å². The topological polar surface area (TPSA) is 50.7 Å². The first-order chi connectivity index (χ1) is 8.97. The molecule has 1 N–H and O–H groups in total. The number of halogens is 3. The van der Waals surface area contributed by atoms with Gasteiger partial charge >= 0.3 is 12.1 Å². The standard InChI is InChI=1S/C12H11F3N2O2/c13-12(14,15)8-3-5-9(6-4-8)16-17-10-2-1-7-19-11(10)18/h3-6,16H,1-2,7H2/b17-10-. The third-order valence-electron chi connectivity index (χ3n) is 2.56. The van der Waals surface area contributed by atoms with Crippen LogP contribution in [0.1, 0.15) is 18.4 Å². The first kappa shape index (κ1) is 13.4. The van der Waals surface area contributed by atoms with E-state index in [4.69, 9.17) is 4.74 Å². The smallest absolute Gasteiger partial charge is 0.416 e. The van der Waals surface area contributed by atoms with Crippen molar-refractivity contribution in [2.45, 2.75) is 19.0 Å². The van der Waals surface area contributed by atoms with E-state index in [2.05, 4.69) is 10.5 Å². The number of alkyl halides is 3. The lowest BCUT2D eigenvalue weighted by Gasteiger charge is -2.13. The quantitative estimate of drug-likeness (QED) is 0.665. The molecule has 102 valence electrons. The van der Waals surface area contributed by atoms with Gasteiger partial charge in [0.2, 0.25) is 0 Å². The molecule has 1 aromatic carbocycles. The van der Waals surface area contributed by atoms with Crippen LogP contribution in [-0.4, -0.2) is 18.3 Å². The molecule has 0 bridgehead atoms. The molecule has 0 aliphatic carbocycles. The minimum absolute atomic E-state index is 0.242. The van der Waals surface area contributed by atoms with Crippen molar-refractivity contribution in [3.05, 3.63) is 29.8 Å². The Labute approximate surface area is 107 Å². The predicted molar refractivity (Wildman–Crippen MR) is 62.7 cm³/mol. The number of hydrogen-bond donors (Lipinski definition) is 1. The number of rotatable bonds is 2. The zero-order valence-corrected chi connectivity index (χ0v) is 9.83. The molecule has 1 aliphatic rings. The second-order valence-corrected chi connectivity index (χ2v) is 3.98. The molecule has 0 radical (unpaired) electrons. The first-order valence-corrected chi connectivity index (χ1v) is 5.64. The Hall–Kier alpha value is -2.05. The van der Waals surface area contributed by atoms with Gasteiger partial charge in [0.25, 0.3) is 0 Å². The molecular formula is C12H11F3N2O2. The number of carbonyl (C=O) groups is 1. The van der Waals surface area contributed by atoms with Crippen molar-refractivity contribution >= 4 is 17.4 Å². The second kappa shape index (κ2) is 5.29. The van der Waals surface area contributed by atoms with Gasteiger partial charge in [0.15, 0.2) is 0 Å².